The lowest BCUT2D eigenvalue weighted by atomic mass is 9.89. The van der Waals surface area contributed by atoms with Crippen molar-refractivity contribution in [1.29, 1.82) is 0 Å². The fraction of sp³-hybridized carbons (Fsp3) is 0.500. The van der Waals surface area contributed by atoms with E-state index in [1.807, 2.05) is 24.5 Å². The van der Waals surface area contributed by atoms with Gasteiger partial charge in [-0.25, -0.2) is 4.98 Å². The normalized spacial score (nSPS) is 27.8. The molecule has 0 amide bonds. The van der Waals surface area contributed by atoms with Gasteiger partial charge in [0.1, 0.15) is 5.60 Å². The molecule has 0 saturated carbocycles. The average molecular weight is 195 g/mol. The molecule has 1 atom stereocenters. The zero-order valence-electron chi connectivity index (χ0n) is 7.66. The van der Waals surface area contributed by atoms with E-state index in [-0.39, 0.29) is 0 Å². The van der Waals surface area contributed by atoms with Gasteiger partial charge in [0, 0.05) is 5.38 Å². The number of thiazole rings is 1. The molecule has 2 rings (SSSR count). The maximum Gasteiger partial charge on any atom is 0.125 e. The molecule has 0 bridgehead atoms. The molecular formula is C10H13NOS. The first kappa shape index (κ1) is 8.91. The van der Waals surface area contributed by atoms with Crippen molar-refractivity contribution in [3.8, 4) is 0 Å². The number of hydrogen-bond acceptors (Lipinski definition) is 3. The van der Waals surface area contributed by atoms with E-state index in [2.05, 4.69) is 4.98 Å². The van der Waals surface area contributed by atoms with Crippen LogP contribution >= 0.6 is 11.3 Å². The van der Waals surface area contributed by atoms with Gasteiger partial charge in [-0.05, 0) is 26.2 Å². The fourth-order valence-electron chi connectivity index (χ4n) is 1.63. The minimum atomic E-state index is -0.789. The Morgan fingerprint density at radius 3 is 3.00 bits per heavy atom. The monoisotopic (exact) mass is 195 g/mol. The number of aryl methyl sites for hydroxylation is 1. The summed E-state index contributed by atoms with van der Waals surface area (Å²) in [7, 11) is 0. The Labute approximate surface area is 81.9 Å². The molecule has 0 spiro atoms. The maximum absolute atomic E-state index is 10.2. The number of aliphatic hydroxyl groups is 1. The van der Waals surface area contributed by atoms with Crippen LogP contribution in [0.1, 0.15) is 30.0 Å². The van der Waals surface area contributed by atoms with Crippen LogP contribution < -0.4 is 0 Å². The third kappa shape index (κ3) is 1.67. The number of rotatable bonds is 1. The van der Waals surface area contributed by atoms with Crippen LogP contribution in [0.3, 0.4) is 0 Å². The van der Waals surface area contributed by atoms with E-state index in [0.29, 0.717) is 0 Å². The Bertz CT molecular complexity index is 331. The Kier molecular flexibility index (Phi) is 2.22. The summed E-state index contributed by atoms with van der Waals surface area (Å²) in [5.74, 6) is 0. The van der Waals surface area contributed by atoms with Gasteiger partial charge in [-0.2, -0.15) is 0 Å². The smallest absolute Gasteiger partial charge is 0.125 e. The molecule has 70 valence electrons. The van der Waals surface area contributed by atoms with Crippen molar-refractivity contribution in [2.24, 2.45) is 0 Å². The molecule has 1 aliphatic rings. The predicted molar refractivity (Wildman–Crippen MR) is 53.7 cm³/mol. The van der Waals surface area contributed by atoms with Gasteiger partial charge in [0.15, 0.2) is 0 Å². The Morgan fingerprint density at radius 2 is 2.46 bits per heavy atom. The predicted octanol–water partition coefficient (Wildman–Crippen LogP) is 2.38. The van der Waals surface area contributed by atoms with Gasteiger partial charge in [0.25, 0.3) is 0 Å². The zero-order valence-corrected chi connectivity index (χ0v) is 8.47. The summed E-state index contributed by atoms with van der Waals surface area (Å²) in [6.45, 7) is 1.96. The first-order valence-corrected chi connectivity index (χ1v) is 5.41. The second kappa shape index (κ2) is 3.24. The number of hydrogen-bond donors (Lipinski definition) is 1. The third-order valence-corrected chi connectivity index (χ3v) is 3.16. The van der Waals surface area contributed by atoms with Crippen LogP contribution in [0, 0.1) is 6.92 Å². The van der Waals surface area contributed by atoms with E-state index in [0.717, 1.165) is 30.0 Å². The van der Waals surface area contributed by atoms with Gasteiger partial charge in [-0.15, -0.1) is 11.3 Å². The molecule has 0 aromatic carbocycles. The molecule has 1 aromatic rings. The van der Waals surface area contributed by atoms with Crippen molar-refractivity contribution < 1.29 is 5.11 Å². The largest absolute Gasteiger partial charge is 0.379 e. The van der Waals surface area contributed by atoms with Crippen LogP contribution in [-0.4, -0.2) is 10.1 Å². The number of aromatic nitrogens is 1. The molecule has 1 aromatic heterocycles. The highest BCUT2D eigenvalue weighted by Gasteiger charge is 2.29. The summed E-state index contributed by atoms with van der Waals surface area (Å²) in [6.07, 6.45) is 6.84. The van der Waals surface area contributed by atoms with E-state index in [9.17, 15) is 5.11 Å². The zero-order chi connectivity index (χ0) is 9.31. The fourth-order valence-corrected chi connectivity index (χ4v) is 2.32. The summed E-state index contributed by atoms with van der Waals surface area (Å²) in [4.78, 5) is 4.32. The molecular weight excluding hydrogens is 182 g/mol. The van der Waals surface area contributed by atoms with Crippen LogP contribution in [-0.2, 0) is 5.60 Å². The Balaban J connectivity index is 2.33. The van der Waals surface area contributed by atoms with E-state index in [4.69, 9.17) is 0 Å². The second-order valence-electron chi connectivity index (χ2n) is 3.47. The number of allylic oxidation sites excluding steroid dienone is 1. The maximum atomic E-state index is 10.2. The quantitative estimate of drug-likeness (QED) is 0.698. The van der Waals surface area contributed by atoms with Gasteiger partial charge in [0.05, 0.1) is 10.7 Å². The van der Waals surface area contributed by atoms with Crippen molar-refractivity contribution in [3.05, 3.63) is 28.2 Å². The summed E-state index contributed by atoms with van der Waals surface area (Å²) >= 11 is 1.59. The first-order valence-electron chi connectivity index (χ1n) is 4.53. The Morgan fingerprint density at radius 1 is 1.62 bits per heavy atom. The summed E-state index contributed by atoms with van der Waals surface area (Å²) in [5.41, 5.74) is 0.0224. The van der Waals surface area contributed by atoms with Gasteiger partial charge in [-0.3, -0.25) is 0 Å². The molecule has 0 radical (unpaired) electrons. The molecule has 1 aliphatic carbocycles. The molecule has 0 saturated heterocycles. The first-order chi connectivity index (χ1) is 6.21. The van der Waals surface area contributed by atoms with Crippen molar-refractivity contribution in [1.82, 2.24) is 4.98 Å². The van der Waals surface area contributed by atoms with Gasteiger partial charge in [-0.1, -0.05) is 12.2 Å². The summed E-state index contributed by atoms with van der Waals surface area (Å²) in [6, 6.07) is 0. The molecule has 0 fully saturated rings. The molecule has 1 heterocycles. The SMILES string of the molecule is Cc1nc(C2(O)C=CCCC2)cs1. The van der Waals surface area contributed by atoms with Crippen LogP contribution in [0.2, 0.25) is 0 Å². The number of nitrogens with zero attached hydrogens (tertiary/aromatic N) is 1. The van der Waals surface area contributed by atoms with Gasteiger partial charge in [0.2, 0.25) is 0 Å². The van der Waals surface area contributed by atoms with E-state index in [1.54, 1.807) is 11.3 Å². The minimum Gasteiger partial charge on any atom is -0.379 e. The molecule has 1 N–H and O–H groups in total. The van der Waals surface area contributed by atoms with Crippen molar-refractivity contribution >= 4 is 11.3 Å². The van der Waals surface area contributed by atoms with E-state index >= 15 is 0 Å². The van der Waals surface area contributed by atoms with E-state index < -0.39 is 5.60 Å². The Hall–Kier alpha value is -0.670. The summed E-state index contributed by atoms with van der Waals surface area (Å²) < 4.78 is 0. The topological polar surface area (TPSA) is 33.1 Å². The van der Waals surface area contributed by atoms with E-state index in [1.165, 1.54) is 0 Å². The van der Waals surface area contributed by atoms with Gasteiger partial charge >= 0.3 is 0 Å². The second-order valence-corrected chi connectivity index (χ2v) is 4.53. The molecule has 3 heteroatoms. The lowest BCUT2D eigenvalue weighted by molar-refractivity contribution is 0.0686. The van der Waals surface area contributed by atoms with Gasteiger partial charge < -0.3 is 5.11 Å². The average Bonchev–Trinajstić information content (AvgIpc) is 2.54. The molecule has 13 heavy (non-hydrogen) atoms. The highest BCUT2D eigenvalue weighted by atomic mass is 32.1. The highest BCUT2D eigenvalue weighted by Crippen LogP contribution is 2.32. The lowest BCUT2D eigenvalue weighted by Crippen LogP contribution is -2.25. The van der Waals surface area contributed by atoms with Crippen molar-refractivity contribution in [2.75, 3.05) is 0 Å². The molecule has 1 unspecified atom stereocenters. The molecule has 2 nitrogen and oxygen atoms in total. The summed E-state index contributed by atoms with van der Waals surface area (Å²) in [5, 5.41) is 13.2. The standard InChI is InChI=1S/C10H13NOS/c1-8-11-9(7-13-8)10(12)5-3-2-4-6-10/h3,5,7,12H,2,4,6H2,1H3. The molecule has 0 aliphatic heterocycles. The minimum absolute atomic E-state index is 0.789. The van der Waals surface area contributed by atoms with Crippen LogP contribution in [0.15, 0.2) is 17.5 Å². The van der Waals surface area contributed by atoms with Crippen LogP contribution in [0.5, 0.6) is 0 Å². The lowest BCUT2D eigenvalue weighted by Gasteiger charge is -2.25. The van der Waals surface area contributed by atoms with Crippen LogP contribution in [0.25, 0.3) is 0 Å². The van der Waals surface area contributed by atoms with Crippen molar-refractivity contribution in [3.63, 3.8) is 0 Å². The third-order valence-electron chi connectivity index (χ3n) is 2.38. The van der Waals surface area contributed by atoms with Crippen molar-refractivity contribution in [2.45, 2.75) is 31.8 Å². The highest BCUT2D eigenvalue weighted by molar-refractivity contribution is 7.09. The van der Waals surface area contributed by atoms with Crippen LogP contribution in [0.4, 0.5) is 0 Å².